The molecule has 0 amide bonds. The Kier molecular flexibility index (Phi) is 12.5. The van der Waals surface area contributed by atoms with Gasteiger partial charge in [0.25, 0.3) is 0 Å². The van der Waals surface area contributed by atoms with Crippen molar-refractivity contribution in [1.29, 1.82) is 0 Å². The van der Waals surface area contributed by atoms with Gasteiger partial charge in [-0.3, -0.25) is 0 Å². The lowest BCUT2D eigenvalue weighted by Crippen LogP contribution is -1.88. The Labute approximate surface area is 85.7 Å². The largest absolute Gasteiger partial charge is 0.396 e. The van der Waals surface area contributed by atoms with E-state index in [9.17, 15) is 0 Å². The lowest BCUT2D eigenvalue weighted by atomic mass is 10.3. The van der Waals surface area contributed by atoms with Gasteiger partial charge in [-0.05, 0) is 37.2 Å². The predicted octanol–water partition coefficient (Wildman–Crippen LogP) is 2.04. The van der Waals surface area contributed by atoms with E-state index in [0.29, 0.717) is 13.2 Å². The highest BCUT2D eigenvalue weighted by molar-refractivity contribution is 7.99. The van der Waals surface area contributed by atoms with Crippen LogP contribution < -0.4 is 0 Å². The van der Waals surface area contributed by atoms with Crippen LogP contribution in [0.4, 0.5) is 0 Å². The van der Waals surface area contributed by atoms with Crippen LogP contribution in [0.15, 0.2) is 0 Å². The van der Waals surface area contributed by atoms with E-state index < -0.39 is 0 Å². The fourth-order valence-electron chi connectivity index (χ4n) is 1.09. The molecular weight excluding hydrogens is 184 g/mol. The zero-order valence-corrected chi connectivity index (χ0v) is 9.19. The molecule has 0 aromatic carbocycles. The van der Waals surface area contributed by atoms with Gasteiger partial charge in [0.15, 0.2) is 0 Å². The fraction of sp³-hybridized carbons (Fsp3) is 1.00. The second-order valence-electron chi connectivity index (χ2n) is 3.18. The average molecular weight is 206 g/mol. The first-order valence-corrected chi connectivity index (χ1v) is 6.36. The number of hydrogen-bond acceptors (Lipinski definition) is 3. The molecule has 0 aliphatic heterocycles. The van der Waals surface area contributed by atoms with E-state index in [0.717, 1.165) is 25.7 Å². The van der Waals surface area contributed by atoms with E-state index in [1.807, 2.05) is 11.8 Å². The normalized spacial score (nSPS) is 10.6. The van der Waals surface area contributed by atoms with Crippen molar-refractivity contribution in [3.63, 3.8) is 0 Å². The van der Waals surface area contributed by atoms with Crippen LogP contribution in [0, 0.1) is 0 Å². The number of unbranched alkanes of at least 4 members (excludes halogenated alkanes) is 4. The van der Waals surface area contributed by atoms with Gasteiger partial charge in [-0.2, -0.15) is 11.8 Å². The third-order valence-corrected chi connectivity index (χ3v) is 3.05. The van der Waals surface area contributed by atoms with Crippen LogP contribution in [-0.4, -0.2) is 34.9 Å². The molecule has 0 aromatic rings. The van der Waals surface area contributed by atoms with Gasteiger partial charge in [-0.15, -0.1) is 0 Å². The Morgan fingerprint density at radius 3 is 1.46 bits per heavy atom. The molecule has 0 atom stereocenters. The van der Waals surface area contributed by atoms with E-state index in [4.69, 9.17) is 10.2 Å². The summed E-state index contributed by atoms with van der Waals surface area (Å²) in [5, 5.41) is 17.1. The number of rotatable bonds is 10. The van der Waals surface area contributed by atoms with Crippen molar-refractivity contribution >= 4 is 11.8 Å². The number of aliphatic hydroxyl groups is 2. The Morgan fingerprint density at radius 1 is 0.615 bits per heavy atom. The highest BCUT2D eigenvalue weighted by Gasteiger charge is 1.91. The molecular formula is C10H22O2S. The van der Waals surface area contributed by atoms with Crippen LogP contribution in [0.25, 0.3) is 0 Å². The minimum Gasteiger partial charge on any atom is -0.396 e. The van der Waals surface area contributed by atoms with Crippen molar-refractivity contribution < 1.29 is 10.2 Å². The van der Waals surface area contributed by atoms with Gasteiger partial charge in [0, 0.05) is 13.2 Å². The molecule has 3 heteroatoms. The predicted molar refractivity (Wildman–Crippen MR) is 59.2 cm³/mol. The zero-order chi connectivity index (χ0) is 9.78. The number of hydrogen-bond donors (Lipinski definition) is 2. The standard InChI is InChI=1S/C10H22O2S/c11-7-3-1-5-9-13-10-6-2-4-8-12/h11-12H,1-10H2. The van der Waals surface area contributed by atoms with Crippen molar-refractivity contribution in [3.8, 4) is 0 Å². The second kappa shape index (κ2) is 12.3. The lowest BCUT2D eigenvalue weighted by molar-refractivity contribution is 0.284. The molecule has 2 nitrogen and oxygen atoms in total. The lowest BCUT2D eigenvalue weighted by Gasteiger charge is -2.00. The Morgan fingerprint density at radius 2 is 1.08 bits per heavy atom. The van der Waals surface area contributed by atoms with Gasteiger partial charge in [-0.1, -0.05) is 12.8 Å². The molecule has 0 rings (SSSR count). The Balaban J connectivity index is 2.76. The molecule has 0 unspecified atom stereocenters. The summed E-state index contributed by atoms with van der Waals surface area (Å²) in [6, 6.07) is 0. The van der Waals surface area contributed by atoms with Crippen molar-refractivity contribution in [1.82, 2.24) is 0 Å². The van der Waals surface area contributed by atoms with E-state index in [-0.39, 0.29) is 0 Å². The SMILES string of the molecule is OCCCCCSCCCCCO. The summed E-state index contributed by atoms with van der Waals surface area (Å²) in [6.07, 6.45) is 6.66. The summed E-state index contributed by atoms with van der Waals surface area (Å²) in [5.74, 6) is 2.44. The molecule has 0 heterocycles. The number of aliphatic hydroxyl groups excluding tert-OH is 2. The third-order valence-electron chi connectivity index (χ3n) is 1.89. The van der Waals surface area contributed by atoms with Gasteiger partial charge in [-0.25, -0.2) is 0 Å². The first-order valence-electron chi connectivity index (χ1n) is 5.21. The van der Waals surface area contributed by atoms with Gasteiger partial charge >= 0.3 is 0 Å². The number of thioether (sulfide) groups is 1. The third kappa shape index (κ3) is 12.3. The molecule has 80 valence electrons. The maximum absolute atomic E-state index is 8.54. The molecule has 0 aliphatic rings. The highest BCUT2D eigenvalue weighted by Crippen LogP contribution is 2.09. The maximum Gasteiger partial charge on any atom is 0.0431 e. The average Bonchev–Trinajstić information content (AvgIpc) is 2.16. The molecule has 2 N–H and O–H groups in total. The fourth-order valence-corrected chi connectivity index (χ4v) is 2.11. The van der Waals surface area contributed by atoms with Gasteiger partial charge in [0.05, 0.1) is 0 Å². The van der Waals surface area contributed by atoms with Crippen LogP contribution >= 0.6 is 11.8 Å². The minimum atomic E-state index is 0.334. The van der Waals surface area contributed by atoms with Crippen LogP contribution in [0.1, 0.15) is 38.5 Å². The van der Waals surface area contributed by atoms with Crippen LogP contribution in [0.5, 0.6) is 0 Å². The monoisotopic (exact) mass is 206 g/mol. The van der Waals surface area contributed by atoms with Crippen LogP contribution in [-0.2, 0) is 0 Å². The zero-order valence-electron chi connectivity index (χ0n) is 8.37. The molecule has 0 aliphatic carbocycles. The summed E-state index contributed by atoms with van der Waals surface area (Å²) in [4.78, 5) is 0. The Hall–Kier alpha value is 0.270. The molecule has 0 saturated heterocycles. The molecule has 0 saturated carbocycles. The summed E-state index contributed by atoms with van der Waals surface area (Å²) in [6.45, 7) is 0.669. The molecule has 0 aromatic heterocycles. The van der Waals surface area contributed by atoms with Gasteiger partial charge < -0.3 is 10.2 Å². The topological polar surface area (TPSA) is 40.5 Å². The molecule has 0 radical (unpaired) electrons. The van der Waals surface area contributed by atoms with Crippen molar-refractivity contribution in [2.24, 2.45) is 0 Å². The molecule has 0 fully saturated rings. The minimum absolute atomic E-state index is 0.334. The van der Waals surface area contributed by atoms with Crippen LogP contribution in [0.2, 0.25) is 0 Å². The highest BCUT2D eigenvalue weighted by atomic mass is 32.2. The van der Waals surface area contributed by atoms with Crippen LogP contribution in [0.3, 0.4) is 0 Å². The summed E-state index contributed by atoms with van der Waals surface area (Å²) in [7, 11) is 0. The first kappa shape index (κ1) is 13.3. The second-order valence-corrected chi connectivity index (χ2v) is 4.41. The van der Waals surface area contributed by atoms with E-state index in [2.05, 4.69) is 0 Å². The molecule has 0 bridgehead atoms. The van der Waals surface area contributed by atoms with Gasteiger partial charge in [0.2, 0.25) is 0 Å². The van der Waals surface area contributed by atoms with Crippen molar-refractivity contribution in [3.05, 3.63) is 0 Å². The van der Waals surface area contributed by atoms with E-state index in [1.165, 1.54) is 24.3 Å². The van der Waals surface area contributed by atoms with Crippen molar-refractivity contribution in [2.45, 2.75) is 38.5 Å². The summed E-state index contributed by atoms with van der Waals surface area (Å²) in [5.41, 5.74) is 0. The summed E-state index contributed by atoms with van der Waals surface area (Å²) < 4.78 is 0. The maximum atomic E-state index is 8.54. The van der Waals surface area contributed by atoms with E-state index in [1.54, 1.807) is 0 Å². The first-order chi connectivity index (χ1) is 6.41. The van der Waals surface area contributed by atoms with Gasteiger partial charge in [0.1, 0.15) is 0 Å². The smallest absolute Gasteiger partial charge is 0.0431 e. The Bertz CT molecular complexity index is 79.0. The molecule has 0 spiro atoms. The van der Waals surface area contributed by atoms with Crippen molar-refractivity contribution in [2.75, 3.05) is 24.7 Å². The van der Waals surface area contributed by atoms with E-state index >= 15 is 0 Å². The summed E-state index contributed by atoms with van der Waals surface area (Å²) >= 11 is 1.99. The molecule has 13 heavy (non-hydrogen) atoms. The quantitative estimate of drug-likeness (QED) is 0.537.